The van der Waals surface area contributed by atoms with Gasteiger partial charge in [-0.05, 0) is 49.9 Å². The molecule has 4 heteroatoms. The van der Waals surface area contributed by atoms with E-state index in [-0.39, 0.29) is 5.92 Å². The number of benzene rings is 2. The average Bonchev–Trinajstić information content (AvgIpc) is 2.94. The molecule has 2 aromatic carbocycles. The maximum absolute atomic E-state index is 12.1. The van der Waals surface area contributed by atoms with E-state index < -0.39 is 11.4 Å². The molecule has 1 fully saturated rings. The highest BCUT2D eigenvalue weighted by atomic mass is 16.4. The summed E-state index contributed by atoms with van der Waals surface area (Å²) in [5, 5.41) is 15.8. The molecule has 1 aromatic heterocycles. The van der Waals surface area contributed by atoms with E-state index in [4.69, 9.17) is 5.10 Å². The van der Waals surface area contributed by atoms with Gasteiger partial charge in [0.1, 0.15) is 0 Å². The predicted molar refractivity (Wildman–Crippen MR) is 116 cm³/mol. The largest absolute Gasteiger partial charge is 0.481 e. The molecule has 29 heavy (non-hydrogen) atoms. The first-order valence-electron chi connectivity index (χ1n) is 10.7. The highest BCUT2D eigenvalue weighted by molar-refractivity contribution is 5.81. The van der Waals surface area contributed by atoms with Crippen molar-refractivity contribution in [2.75, 3.05) is 0 Å². The van der Waals surface area contributed by atoms with Crippen molar-refractivity contribution in [2.24, 2.45) is 5.41 Å². The number of aliphatic carboxylic acids is 1. The van der Waals surface area contributed by atoms with Crippen LogP contribution in [-0.2, 0) is 4.79 Å². The Kier molecular flexibility index (Phi) is 5.44. The van der Waals surface area contributed by atoms with Crippen molar-refractivity contribution in [3.05, 3.63) is 65.9 Å². The van der Waals surface area contributed by atoms with Crippen molar-refractivity contribution < 1.29 is 9.90 Å². The number of carboxylic acid groups (broad SMARTS) is 1. The van der Waals surface area contributed by atoms with Gasteiger partial charge in [0.25, 0.3) is 0 Å². The molecule has 1 N–H and O–H groups in total. The van der Waals surface area contributed by atoms with Crippen LogP contribution in [0.3, 0.4) is 0 Å². The lowest BCUT2D eigenvalue weighted by Gasteiger charge is -2.31. The van der Waals surface area contributed by atoms with Gasteiger partial charge in [0.05, 0.1) is 23.2 Å². The molecule has 1 unspecified atom stereocenters. The van der Waals surface area contributed by atoms with Gasteiger partial charge in [0.15, 0.2) is 0 Å². The monoisotopic (exact) mass is 390 g/mol. The van der Waals surface area contributed by atoms with Crippen LogP contribution in [0.15, 0.2) is 54.7 Å². The summed E-state index contributed by atoms with van der Waals surface area (Å²) in [6.07, 6.45) is 9.51. The van der Waals surface area contributed by atoms with Gasteiger partial charge in [-0.1, -0.05) is 62.1 Å². The molecule has 3 aromatic rings. The highest BCUT2D eigenvalue weighted by Gasteiger charge is 2.39. The Hall–Kier alpha value is -2.62. The van der Waals surface area contributed by atoms with E-state index in [0.29, 0.717) is 6.04 Å². The highest BCUT2D eigenvalue weighted by Crippen LogP contribution is 2.42. The van der Waals surface area contributed by atoms with E-state index in [1.165, 1.54) is 38.5 Å². The second-order valence-electron chi connectivity index (χ2n) is 8.92. The number of carboxylic acids is 1. The number of aromatic nitrogens is 2. The Labute approximate surface area is 172 Å². The van der Waals surface area contributed by atoms with Crippen LogP contribution in [0.5, 0.6) is 0 Å². The van der Waals surface area contributed by atoms with Crippen LogP contribution < -0.4 is 0 Å². The molecule has 0 amide bonds. The first-order valence-corrected chi connectivity index (χ1v) is 10.7. The molecule has 4 rings (SSSR count). The van der Waals surface area contributed by atoms with E-state index in [2.05, 4.69) is 22.9 Å². The van der Waals surface area contributed by atoms with Crippen molar-refractivity contribution in [2.45, 2.75) is 64.3 Å². The SMILES string of the molecule is CC(C)(C(=O)O)C(c1ccccc1)c1ccc2c(cnn2C2CCCCCC2)c1. The van der Waals surface area contributed by atoms with E-state index in [1.54, 1.807) is 0 Å². The maximum Gasteiger partial charge on any atom is 0.310 e. The maximum atomic E-state index is 12.1. The summed E-state index contributed by atoms with van der Waals surface area (Å²) in [6, 6.07) is 16.8. The van der Waals surface area contributed by atoms with Crippen LogP contribution in [0, 0.1) is 5.41 Å². The fourth-order valence-electron chi connectivity index (χ4n) is 4.84. The molecule has 1 aliphatic rings. The fraction of sp³-hybridized carbons (Fsp3) is 0.440. The third-order valence-electron chi connectivity index (χ3n) is 6.53. The van der Waals surface area contributed by atoms with Crippen LogP contribution in [0.25, 0.3) is 10.9 Å². The van der Waals surface area contributed by atoms with Crippen molar-refractivity contribution in [3.63, 3.8) is 0 Å². The van der Waals surface area contributed by atoms with Crippen molar-refractivity contribution in [1.29, 1.82) is 0 Å². The topological polar surface area (TPSA) is 55.1 Å². The zero-order valence-corrected chi connectivity index (χ0v) is 17.3. The van der Waals surface area contributed by atoms with Gasteiger partial charge in [-0.3, -0.25) is 9.48 Å². The average molecular weight is 391 g/mol. The standard InChI is InChI=1S/C25H30N2O2/c1-25(2,24(28)29)23(18-10-6-5-7-11-18)19-14-15-22-20(16-19)17-26-27(22)21-12-8-3-4-9-13-21/h5-7,10-11,14-17,21,23H,3-4,8-9,12-13H2,1-2H3,(H,28,29). The number of hydrogen-bond donors (Lipinski definition) is 1. The predicted octanol–water partition coefficient (Wildman–Crippen LogP) is 6.17. The molecule has 1 aliphatic carbocycles. The van der Waals surface area contributed by atoms with Crippen LogP contribution in [0.1, 0.15) is 75.5 Å². The quantitative estimate of drug-likeness (QED) is 0.530. The lowest BCUT2D eigenvalue weighted by Crippen LogP contribution is -2.32. The molecular weight excluding hydrogens is 360 g/mol. The van der Waals surface area contributed by atoms with Crippen molar-refractivity contribution >= 4 is 16.9 Å². The normalized spacial score (nSPS) is 17.2. The van der Waals surface area contributed by atoms with E-state index in [9.17, 15) is 9.90 Å². The summed E-state index contributed by atoms with van der Waals surface area (Å²) in [4.78, 5) is 12.1. The smallest absolute Gasteiger partial charge is 0.310 e. The summed E-state index contributed by atoms with van der Waals surface area (Å²) in [6.45, 7) is 3.62. The minimum atomic E-state index is -0.924. The van der Waals surface area contributed by atoms with E-state index in [0.717, 1.165) is 22.0 Å². The first kappa shape index (κ1) is 19.7. The Morgan fingerprint density at radius 1 is 1.03 bits per heavy atom. The zero-order valence-electron chi connectivity index (χ0n) is 17.3. The van der Waals surface area contributed by atoms with E-state index in [1.807, 2.05) is 50.4 Å². The molecule has 4 nitrogen and oxygen atoms in total. The van der Waals surface area contributed by atoms with Gasteiger partial charge in [0, 0.05) is 11.3 Å². The second-order valence-corrected chi connectivity index (χ2v) is 8.92. The van der Waals surface area contributed by atoms with E-state index >= 15 is 0 Å². The summed E-state index contributed by atoms with van der Waals surface area (Å²) in [5.41, 5.74) is 2.28. The van der Waals surface area contributed by atoms with Gasteiger partial charge in [-0.15, -0.1) is 0 Å². The first-order chi connectivity index (χ1) is 14.0. The summed E-state index contributed by atoms with van der Waals surface area (Å²) in [5.74, 6) is -1.02. The van der Waals surface area contributed by atoms with Gasteiger partial charge in [0.2, 0.25) is 0 Å². The number of nitrogens with zero attached hydrogens (tertiary/aromatic N) is 2. The molecule has 0 bridgehead atoms. The minimum absolute atomic E-state index is 0.230. The summed E-state index contributed by atoms with van der Waals surface area (Å²) < 4.78 is 2.20. The van der Waals surface area contributed by atoms with Gasteiger partial charge >= 0.3 is 5.97 Å². The molecule has 152 valence electrons. The van der Waals surface area contributed by atoms with Crippen molar-refractivity contribution in [3.8, 4) is 0 Å². The lowest BCUT2D eigenvalue weighted by molar-refractivity contribution is -0.147. The third kappa shape index (κ3) is 3.81. The number of carbonyl (C=O) groups is 1. The molecular formula is C25H30N2O2. The Balaban J connectivity index is 1.76. The third-order valence-corrected chi connectivity index (χ3v) is 6.53. The van der Waals surface area contributed by atoms with Crippen LogP contribution in [0.4, 0.5) is 0 Å². The number of hydrogen-bond acceptors (Lipinski definition) is 2. The number of rotatable bonds is 5. The van der Waals surface area contributed by atoms with Crippen LogP contribution in [-0.4, -0.2) is 20.9 Å². The molecule has 0 saturated heterocycles. The van der Waals surface area contributed by atoms with Gasteiger partial charge < -0.3 is 5.11 Å². The molecule has 1 saturated carbocycles. The molecule has 0 spiro atoms. The molecule has 1 heterocycles. The van der Waals surface area contributed by atoms with Crippen molar-refractivity contribution in [1.82, 2.24) is 9.78 Å². The zero-order chi connectivity index (χ0) is 20.4. The second kappa shape index (κ2) is 8.02. The number of fused-ring (bicyclic) bond motifs is 1. The lowest BCUT2D eigenvalue weighted by atomic mass is 9.71. The minimum Gasteiger partial charge on any atom is -0.481 e. The summed E-state index contributed by atoms with van der Waals surface area (Å²) >= 11 is 0. The van der Waals surface area contributed by atoms with Gasteiger partial charge in [-0.2, -0.15) is 5.10 Å². The van der Waals surface area contributed by atoms with Gasteiger partial charge in [-0.25, -0.2) is 0 Å². The Morgan fingerprint density at radius 2 is 1.72 bits per heavy atom. The fourth-order valence-corrected chi connectivity index (χ4v) is 4.84. The van der Waals surface area contributed by atoms with Crippen LogP contribution in [0.2, 0.25) is 0 Å². The Bertz CT molecular complexity index is 982. The Morgan fingerprint density at radius 3 is 2.38 bits per heavy atom. The summed E-state index contributed by atoms with van der Waals surface area (Å²) in [7, 11) is 0. The molecule has 0 aliphatic heterocycles. The van der Waals surface area contributed by atoms with Crippen LogP contribution >= 0.6 is 0 Å². The molecule has 1 atom stereocenters. The molecule has 0 radical (unpaired) electrons.